The zero-order valence-corrected chi connectivity index (χ0v) is 14.0. The minimum atomic E-state index is 0.0826. The largest absolute Gasteiger partial charge is 0.314 e. The zero-order valence-electron chi connectivity index (χ0n) is 14.0. The highest BCUT2D eigenvalue weighted by molar-refractivity contribution is 4.97. The first kappa shape index (κ1) is 16.2. The minimum absolute atomic E-state index is 0.0826. The topological polar surface area (TPSA) is 37.3 Å². The highest BCUT2D eigenvalue weighted by Gasteiger charge is 2.38. The molecule has 0 bridgehead atoms. The smallest absolute Gasteiger partial charge is 0.250 e. The van der Waals surface area contributed by atoms with Crippen molar-refractivity contribution in [1.82, 2.24) is 14.8 Å². The Hall–Kier alpha value is -1.13. The summed E-state index contributed by atoms with van der Waals surface area (Å²) in [5, 5.41) is 3.64. The number of hydrogen-bond donors (Lipinski definition) is 1. The molecule has 1 aromatic heterocycles. The Balaban J connectivity index is 2.10. The van der Waals surface area contributed by atoms with Crippen LogP contribution in [0.4, 0.5) is 0 Å². The van der Waals surface area contributed by atoms with Crippen molar-refractivity contribution in [3.05, 3.63) is 34.7 Å². The first-order valence-electron chi connectivity index (χ1n) is 7.84. The van der Waals surface area contributed by atoms with Gasteiger partial charge in [-0.15, -0.1) is 0 Å². The molecule has 0 radical (unpaired) electrons. The summed E-state index contributed by atoms with van der Waals surface area (Å²) >= 11 is 0. The molecule has 21 heavy (non-hydrogen) atoms. The quantitative estimate of drug-likeness (QED) is 0.925. The first-order chi connectivity index (χ1) is 9.69. The van der Waals surface area contributed by atoms with Gasteiger partial charge in [-0.3, -0.25) is 9.69 Å². The van der Waals surface area contributed by atoms with Gasteiger partial charge in [0, 0.05) is 50.0 Å². The van der Waals surface area contributed by atoms with Gasteiger partial charge in [0.05, 0.1) is 0 Å². The van der Waals surface area contributed by atoms with E-state index in [4.69, 9.17) is 0 Å². The molecule has 1 fully saturated rings. The highest BCUT2D eigenvalue weighted by atomic mass is 16.1. The molecule has 1 aromatic rings. The number of hydrogen-bond acceptors (Lipinski definition) is 3. The monoisotopic (exact) mass is 291 g/mol. The SMILES string of the molecule is CC1(C)CN(CCn2ccccc2=O)C(C(C)(C)C)CN1. The number of nitrogens with zero attached hydrogens (tertiary/aromatic N) is 2. The molecule has 4 nitrogen and oxygen atoms in total. The molecular weight excluding hydrogens is 262 g/mol. The summed E-state index contributed by atoms with van der Waals surface area (Å²) in [7, 11) is 0. The molecule has 1 saturated heterocycles. The number of pyridine rings is 1. The van der Waals surface area contributed by atoms with Crippen molar-refractivity contribution in [2.75, 3.05) is 19.6 Å². The van der Waals surface area contributed by atoms with Crippen LogP contribution in [0.2, 0.25) is 0 Å². The highest BCUT2D eigenvalue weighted by Crippen LogP contribution is 2.28. The number of rotatable bonds is 3. The van der Waals surface area contributed by atoms with Gasteiger partial charge in [0.15, 0.2) is 0 Å². The second-order valence-corrected chi connectivity index (χ2v) is 7.85. The molecule has 1 N–H and O–H groups in total. The van der Waals surface area contributed by atoms with Crippen LogP contribution in [0.3, 0.4) is 0 Å². The average Bonchev–Trinajstić information content (AvgIpc) is 2.35. The second-order valence-electron chi connectivity index (χ2n) is 7.85. The van der Waals surface area contributed by atoms with Gasteiger partial charge >= 0.3 is 0 Å². The van der Waals surface area contributed by atoms with Crippen molar-refractivity contribution in [2.24, 2.45) is 5.41 Å². The predicted octanol–water partition coefficient (Wildman–Crippen LogP) is 1.95. The lowest BCUT2D eigenvalue weighted by Gasteiger charge is -2.49. The lowest BCUT2D eigenvalue weighted by Crippen LogP contribution is -2.65. The fourth-order valence-electron chi connectivity index (χ4n) is 3.15. The molecule has 1 unspecified atom stereocenters. The Morgan fingerprint density at radius 1 is 1.29 bits per heavy atom. The fraction of sp³-hybridized carbons (Fsp3) is 0.706. The van der Waals surface area contributed by atoms with Gasteiger partial charge in [0.1, 0.15) is 0 Å². The number of aromatic nitrogens is 1. The summed E-state index contributed by atoms with van der Waals surface area (Å²) in [4.78, 5) is 14.4. The van der Waals surface area contributed by atoms with Crippen LogP contribution in [0.1, 0.15) is 34.6 Å². The Kier molecular flexibility index (Phi) is 4.59. The molecule has 2 heterocycles. The minimum Gasteiger partial charge on any atom is -0.314 e. The van der Waals surface area contributed by atoms with Gasteiger partial charge in [-0.25, -0.2) is 0 Å². The molecule has 0 aromatic carbocycles. The van der Waals surface area contributed by atoms with E-state index >= 15 is 0 Å². The van der Waals surface area contributed by atoms with Crippen LogP contribution < -0.4 is 10.9 Å². The Bertz CT molecular complexity index is 527. The van der Waals surface area contributed by atoms with Gasteiger partial charge in [-0.05, 0) is 25.3 Å². The van der Waals surface area contributed by atoms with Crippen LogP contribution in [0, 0.1) is 5.41 Å². The van der Waals surface area contributed by atoms with E-state index in [1.807, 2.05) is 12.3 Å². The maximum absolute atomic E-state index is 11.8. The second kappa shape index (κ2) is 5.93. The third kappa shape index (κ3) is 4.17. The molecule has 1 aliphatic heterocycles. The fourth-order valence-corrected chi connectivity index (χ4v) is 3.15. The van der Waals surface area contributed by atoms with Crippen molar-refractivity contribution in [2.45, 2.75) is 52.7 Å². The van der Waals surface area contributed by atoms with Gasteiger partial charge in [0.25, 0.3) is 5.56 Å². The first-order valence-corrected chi connectivity index (χ1v) is 7.84. The van der Waals surface area contributed by atoms with Gasteiger partial charge in [-0.1, -0.05) is 26.8 Å². The van der Waals surface area contributed by atoms with E-state index in [1.54, 1.807) is 16.7 Å². The summed E-state index contributed by atoms with van der Waals surface area (Å²) in [6, 6.07) is 5.84. The Morgan fingerprint density at radius 2 is 2.00 bits per heavy atom. The van der Waals surface area contributed by atoms with E-state index in [0.29, 0.717) is 6.04 Å². The number of nitrogens with one attached hydrogen (secondary N) is 1. The predicted molar refractivity (Wildman–Crippen MR) is 87.6 cm³/mol. The molecule has 4 heteroatoms. The van der Waals surface area contributed by atoms with E-state index in [9.17, 15) is 4.79 Å². The Labute approximate surface area is 128 Å². The molecule has 0 spiro atoms. The summed E-state index contributed by atoms with van der Waals surface area (Å²) < 4.78 is 1.80. The van der Waals surface area contributed by atoms with Gasteiger partial charge < -0.3 is 9.88 Å². The lowest BCUT2D eigenvalue weighted by molar-refractivity contribution is 0.0307. The average molecular weight is 291 g/mol. The summed E-state index contributed by atoms with van der Waals surface area (Å²) in [5.41, 5.74) is 0.438. The van der Waals surface area contributed by atoms with Crippen LogP contribution in [0.25, 0.3) is 0 Å². The molecule has 0 amide bonds. The van der Waals surface area contributed by atoms with E-state index in [0.717, 1.165) is 26.2 Å². The van der Waals surface area contributed by atoms with Crippen LogP contribution >= 0.6 is 0 Å². The standard InChI is InChI=1S/C17H29N3O/c1-16(2,3)14-12-18-17(4,5)13-20(14)11-10-19-9-7-6-8-15(19)21/h6-9,14,18H,10-13H2,1-5H3. The third-order valence-electron chi connectivity index (χ3n) is 4.34. The summed E-state index contributed by atoms with van der Waals surface area (Å²) in [5.74, 6) is 0. The van der Waals surface area contributed by atoms with E-state index < -0.39 is 0 Å². The van der Waals surface area contributed by atoms with E-state index in [-0.39, 0.29) is 16.5 Å². The molecule has 118 valence electrons. The van der Waals surface area contributed by atoms with Crippen molar-refractivity contribution >= 4 is 0 Å². The van der Waals surface area contributed by atoms with Crippen molar-refractivity contribution < 1.29 is 0 Å². The van der Waals surface area contributed by atoms with Crippen molar-refractivity contribution in [1.29, 1.82) is 0 Å². The van der Waals surface area contributed by atoms with Crippen LogP contribution in [-0.2, 0) is 6.54 Å². The molecule has 2 rings (SSSR count). The maximum Gasteiger partial charge on any atom is 0.250 e. The molecule has 0 aliphatic carbocycles. The zero-order chi connectivity index (χ0) is 15.7. The molecule has 1 atom stereocenters. The van der Waals surface area contributed by atoms with Crippen LogP contribution in [-0.4, -0.2) is 40.7 Å². The van der Waals surface area contributed by atoms with Crippen LogP contribution in [0.15, 0.2) is 29.2 Å². The molecular formula is C17H29N3O. The Morgan fingerprint density at radius 3 is 2.62 bits per heavy atom. The van der Waals surface area contributed by atoms with Crippen LogP contribution in [0.5, 0.6) is 0 Å². The lowest BCUT2D eigenvalue weighted by atomic mass is 9.82. The summed E-state index contributed by atoms with van der Waals surface area (Å²) in [6.07, 6.45) is 1.88. The number of piperazine rings is 1. The third-order valence-corrected chi connectivity index (χ3v) is 4.34. The van der Waals surface area contributed by atoms with Crippen molar-refractivity contribution in [3.63, 3.8) is 0 Å². The summed E-state index contributed by atoms with van der Waals surface area (Å²) in [6.45, 7) is 15.0. The maximum atomic E-state index is 11.8. The normalized spacial score (nSPS) is 23.2. The van der Waals surface area contributed by atoms with Crippen molar-refractivity contribution in [3.8, 4) is 0 Å². The molecule has 1 aliphatic rings. The molecule has 0 saturated carbocycles. The van der Waals surface area contributed by atoms with Gasteiger partial charge in [0.2, 0.25) is 0 Å². The van der Waals surface area contributed by atoms with E-state index in [2.05, 4.69) is 44.8 Å². The van der Waals surface area contributed by atoms with Gasteiger partial charge in [-0.2, -0.15) is 0 Å². The van der Waals surface area contributed by atoms with E-state index in [1.165, 1.54) is 0 Å².